The number of benzene rings is 3. The van der Waals surface area contributed by atoms with E-state index in [4.69, 9.17) is 0 Å². The van der Waals surface area contributed by atoms with Gasteiger partial charge in [0, 0.05) is 11.1 Å². The second-order valence-corrected chi connectivity index (χ2v) is 5.13. The van der Waals surface area contributed by atoms with Gasteiger partial charge in [-0.2, -0.15) is 0 Å². The number of carboxylic acid groups (broad SMARTS) is 1. The number of carbonyl (C=O) groups is 2. The fourth-order valence-electron chi connectivity index (χ4n) is 2.48. The van der Waals surface area contributed by atoms with Crippen LogP contribution in [0.5, 0.6) is 0 Å². The molecule has 0 saturated carbocycles. The van der Waals surface area contributed by atoms with Gasteiger partial charge in [-0.3, -0.25) is 4.79 Å². The first-order valence-corrected chi connectivity index (χ1v) is 7.19. The molecular formula is C20H14O3. The molecule has 1 N–H and O–H groups in total. The zero-order valence-corrected chi connectivity index (χ0v) is 12.3. The van der Waals surface area contributed by atoms with Crippen LogP contribution in [0.4, 0.5) is 0 Å². The fourth-order valence-corrected chi connectivity index (χ4v) is 2.48. The van der Waals surface area contributed by atoms with Crippen LogP contribution in [0.25, 0.3) is 11.1 Å². The van der Waals surface area contributed by atoms with Crippen LogP contribution in [-0.2, 0) is 0 Å². The molecule has 3 heteroatoms. The van der Waals surface area contributed by atoms with Crippen molar-refractivity contribution in [2.24, 2.45) is 0 Å². The lowest BCUT2D eigenvalue weighted by Gasteiger charge is -2.10. The zero-order chi connectivity index (χ0) is 16.2. The number of carboxylic acids is 1. The zero-order valence-electron chi connectivity index (χ0n) is 12.3. The van der Waals surface area contributed by atoms with Crippen LogP contribution in [0.3, 0.4) is 0 Å². The Balaban J connectivity index is 2.18. The van der Waals surface area contributed by atoms with Crippen molar-refractivity contribution < 1.29 is 14.7 Å². The highest BCUT2D eigenvalue weighted by atomic mass is 16.4. The van der Waals surface area contributed by atoms with Crippen molar-refractivity contribution in [2.45, 2.75) is 0 Å². The third-order valence-electron chi connectivity index (χ3n) is 3.63. The van der Waals surface area contributed by atoms with Crippen molar-refractivity contribution >= 4 is 11.8 Å². The van der Waals surface area contributed by atoms with Gasteiger partial charge in [-0.05, 0) is 23.3 Å². The Morgan fingerprint density at radius 3 is 1.91 bits per heavy atom. The van der Waals surface area contributed by atoms with Crippen molar-refractivity contribution in [1.82, 2.24) is 0 Å². The highest BCUT2D eigenvalue weighted by molar-refractivity contribution is 6.13. The lowest BCUT2D eigenvalue weighted by atomic mass is 9.92. The van der Waals surface area contributed by atoms with Crippen molar-refractivity contribution in [1.29, 1.82) is 0 Å². The van der Waals surface area contributed by atoms with Gasteiger partial charge in [0.1, 0.15) is 0 Å². The number of hydrogen-bond acceptors (Lipinski definition) is 2. The molecule has 3 rings (SSSR count). The number of hydrogen-bond donors (Lipinski definition) is 1. The summed E-state index contributed by atoms with van der Waals surface area (Å²) in [6.45, 7) is 0. The van der Waals surface area contributed by atoms with Gasteiger partial charge in [0.25, 0.3) is 0 Å². The van der Waals surface area contributed by atoms with Crippen LogP contribution in [0.15, 0.2) is 78.9 Å². The van der Waals surface area contributed by atoms with E-state index >= 15 is 0 Å². The monoisotopic (exact) mass is 302 g/mol. The lowest BCUT2D eigenvalue weighted by Crippen LogP contribution is -2.06. The van der Waals surface area contributed by atoms with E-state index in [2.05, 4.69) is 0 Å². The Morgan fingerprint density at radius 1 is 0.696 bits per heavy atom. The molecule has 3 aromatic rings. The average Bonchev–Trinajstić information content (AvgIpc) is 2.62. The molecule has 0 unspecified atom stereocenters. The van der Waals surface area contributed by atoms with E-state index in [1.165, 1.54) is 12.1 Å². The van der Waals surface area contributed by atoms with E-state index in [9.17, 15) is 14.7 Å². The first-order valence-electron chi connectivity index (χ1n) is 7.19. The molecule has 3 aromatic carbocycles. The maximum atomic E-state index is 12.8. The van der Waals surface area contributed by atoms with E-state index in [0.29, 0.717) is 11.1 Å². The largest absolute Gasteiger partial charge is 0.478 e. The van der Waals surface area contributed by atoms with Crippen LogP contribution >= 0.6 is 0 Å². The summed E-state index contributed by atoms with van der Waals surface area (Å²) in [5.74, 6) is -1.24. The quantitative estimate of drug-likeness (QED) is 0.732. The van der Waals surface area contributed by atoms with E-state index in [1.54, 1.807) is 30.3 Å². The molecule has 0 saturated heterocycles. The predicted molar refractivity (Wildman–Crippen MR) is 88.7 cm³/mol. The topological polar surface area (TPSA) is 54.4 Å². The normalized spacial score (nSPS) is 10.3. The number of rotatable bonds is 4. The first-order chi connectivity index (χ1) is 11.2. The minimum absolute atomic E-state index is 0.101. The summed E-state index contributed by atoms with van der Waals surface area (Å²) in [7, 11) is 0. The molecule has 23 heavy (non-hydrogen) atoms. The fraction of sp³-hybridized carbons (Fsp3) is 0. The van der Waals surface area contributed by atoms with E-state index in [1.807, 2.05) is 36.4 Å². The number of ketones is 1. The maximum Gasteiger partial charge on any atom is 0.335 e. The molecule has 0 aliphatic heterocycles. The molecule has 0 aliphatic carbocycles. The van der Waals surface area contributed by atoms with Crippen LogP contribution in [0.2, 0.25) is 0 Å². The van der Waals surface area contributed by atoms with Crippen LogP contribution in [0, 0.1) is 0 Å². The van der Waals surface area contributed by atoms with Gasteiger partial charge in [-0.25, -0.2) is 4.79 Å². The molecule has 0 spiro atoms. The van der Waals surface area contributed by atoms with E-state index in [0.717, 1.165) is 11.1 Å². The van der Waals surface area contributed by atoms with E-state index < -0.39 is 5.97 Å². The smallest absolute Gasteiger partial charge is 0.335 e. The molecule has 112 valence electrons. The van der Waals surface area contributed by atoms with Gasteiger partial charge >= 0.3 is 5.97 Å². The van der Waals surface area contributed by atoms with Gasteiger partial charge in [-0.1, -0.05) is 66.7 Å². The standard InChI is InChI=1S/C20H14O3/c21-19(15-9-5-2-6-10-15)18-13-16(20(22)23)11-12-17(18)14-7-3-1-4-8-14/h1-13H,(H,22,23). The van der Waals surface area contributed by atoms with Gasteiger partial charge in [0.2, 0.25) is 0 Å². The van der Waals surface area contributed by atoms with E-state index in [-0.39, 0.29) is 11.3 Å². The second kappa shape index (κ2) is 6.28. The summed E-state index contributed by atoms with van der Waals surface area (Å²) < 4.78 is 0. The van der Waals surface area contributed by atoms with Crippen molar-refractivity contribution in [3.8, 4) is 11.1 Å². The summed E-state index contributed by atoms with van der Waals surface area (Å²) >= 11 is 0. The Morgan fingerprint density at radius 2 is 1.30 bits per heavy atom. The molecule has 0 amide bonds. The molecule has 0 aliphatic rings. The minimum atomic E-state index is -1.05. The molecular weight excluding hydrogens is 288 g/mol. The second-order valence-electron chi connectivity index (χ2n) is 5.13. The molecule has 0 atom stereocenters. The summed E-state index contributed by atoms with van der Waals surface area (Å²) in [6, 6.07) is 23.0. The van der Waals surface area contributed by atoms with Gasteiger partial charge in [-0.15, -0.1) is 0 Å². The summed E-state index contributed by atoms with van der Waals surface area (Å²) in [5, 5.41) is 9.21. The Hall–Kier alpha value is -3.20. The third-order valence-corrected chi connectivity index (χ3v) is 3.63. The van der Waals surface area contributed by atoms with Crippen molar-refractivity contribution in [3.05, 3.63) is 95.6 Å². The summed E-state index contributed by atoms with van der Waals surface area (Å²) in [5.41, 5.74) is 2.63. The Labute approximate surface area is 133 Å². The average molecular weight is 302 g/mol. The van der Waals surface area contributed by atoms with Crippen molar-refractivity contribution in [2.75, 3.05) is 0 Å². The Bertz CT molecular complexity index is 853. The number of carbonyl (C=O) groups excluding carboxylic acids is 1. The van der Waals surface area contributed by atoms with Crippen LogP contribution < -0.4 is 0 Å². The SMILES string of the molecule is O=C(O)c1ccc(-c2ccccc2)c(C(=O)c2ccccc2)c1. The molecule has 0 bridgehead atoms. The first kappa shape index (κ1) is 14.7. The highest BCUT2D eigenvalue weighted by Gasteiger charge is 2.17. The number of aromatic carboxylic acids is 1. The molecule has 3 nitrogen and oxygen atoms in total. The maximum absolute atomic E-state index is 12.8. The van der Waals surface area contributed by atoms with Gasteiger partial charge < -0.3 is 5.11 Å². The van der Waals surface area contributed by atoms with Gasteiger partial charge in [0.15, 0.2) is 5.78 Å². The van der Waals surface area contributed by atoms with Crippen molar-refractivity contribution in [3.63, 3.8) is 0 Å². The predicted octanol–water partition coefficient (Wildman–Crippen LogP) is 4.28. The molecule has 0 fully saturated rings. The summed E-state index contributed by atoms with van der Waals surface area (Å²) in [4.78, 5) is 24.1. The lowest BCUT2D eigenvalue weighted by molar-refractivity contribution is 0.0697. The Kier molecular flexibility index (Phi) is 4.02. The molecule has 0 aromatic heterocycles. The minimum Gasteiger partial charge on any atom is -0.478 e. The molecule has 0 radical (unpaired) electrons. The molecule has 0 heterocycles. The van der Waals surface area contributed by atoms with Crippen LogP contribution in [0.1, 0.15) is 26.3 Å². The van der Waals surface area contributed by atoms with Crippen LogP contribution in [-0.4, -0.2) is 16.9 Å². The highest BCUT2D eigenvalue weighted by Crippen LogP contribution is 2.27. The third kappa shape index (κ3) is 3.04. The summed E-state index contributed by atoms with van der Waals surface area (Å²) in [6.07, 6.45) is 0. The van der Waals surface area contributed by atoms with Gasteiger partial charge in [0.05, 0.1) is 5.56 Å².